The molecular weight excluding hydrogens is 635 g/mol. The van der Waals surface area contributed by atoms with Gasteiger partial charge in [0.1, 0.15) is 0 Å². The average molecular weight is 669 g/mol. The third-order valence-corrected chi connectivity index (χ3v) is 1.33. The van der Waals surface area contributed by atoms with Crippen LogP contribution in [0.15, 0.2) is 36.9 Å². The van der Waals surface area contributed by atoms with Crippen molar-refractivity contribution in [3.05, 3.63) is 36.9 Å². The first-order valence-corrected chi connectivity index (χ1v) is 7.51. The van der Waals surface area contributed by atoms with Crippen molar-refractivity contribution < 1.29 is 129 Å². The first-order chi connectivity index (χ1) is 9.97. The van der Waals surface area contributed by atoms with Crippen molar-refractivity contribution >= 4 is 20.8 Å². The zero-order valence-corrected chi connectivity index (χ0v) is 24.9. The molecule has 34 heavy (non-hydrogen) atoms. The fraction of sp³-hybridized carbons (Fsp3) is 0. The molecule has 28 N–H and O–H groups in total. The van der Waals surface area contributed by atoms with Gasteiger partial charge in [0, 0.05) is 45.6 Å². The third-order valence-electron chi connectivity index (χ3n) is 1.33. The van der Waals surface area contributed by atoms with Crippen LogP contribution in [0, 0.1) is 0 Å². The molecule has 0 unspecified atom stereocenters. The molecule has 26 heteroatoms. The Balaban J connectivity index is -0.0000000165. The third kappa shape index (κ3) is 77.4. The molecule has 0 bridgehead atoms. The van der Waals surface area contributed by atoms with Crippen molar-refractivity contribution in [3.8, 4) is 11.6 Å². The molecule has 22 nitrogen and oxygen atoms in total. The van der Waals surface area contributed by atoms with E-state index in [1.807, 2.05) is 0 Å². The van der Waals surface area contributed by atoms with E-state index in [1.54, 1.807) is 36.9 Å². The van der Waals surface area contributed by atoms with Gasteiger partial charge in [-0.2, -0.15) is 0 Å². The second kappa shape index (κ2) is 42.0. The van der Waals surface area contributed by atoms with E-state index in [0.717, 1.165) is 0 Å². The van der Waals surface area contributed by atoms with Gasteiger partial charge >= 0.3 is 39.0 Å². The average Bonchev–Trinajstić information content (AvgIpc) is 2.37. The topological polar surface area (TPSA) is 539 Å². The summed E-state index contributed by atoms with van der Waals surface area (Å²) in [5.74, 6) is 1.11. The van der Waals surface area contributed by atoms with Crippen molar-refractivity contribution in [2.24, 2.45) is 0 Å². The molecular formula is C8H34N4O18S2Zn2+8. The Labute approximate surface area is 217 Å². The van der Waals surface area contributed by atoms with Crippen LogP contribution in [-0.4, -0.2) is 65.9 Å². The molecule has 0 fully saturated rings. The summed E-state index contributed by atoms with van der Waals surface area (Å²) in [6.07, 6.45) is 6.66. The molecule has 2 aromatic rings. The molecule has 2 aromatic heterocycles. The minimum absolute atomic E-state index is 0. The first kappa shape index (κ1) is 84.6. The predicted octanol–water partition coefficient (Wildman–Crippen LogP) is -10.8. The summed E-state index contributed by atoms with van der Waals surface area (Å²) >= 11 is 0. The summed E-state index contributed by atoms with van der Waals surface area (Å²) in [4.78, 5) is 16.1. The number of hydrogen-bond donors (Lipinski definition) is 0. The maximum atomic E-state index is 8.52. The Morgan fingerprint density at radius 2 is 0.588 bits per heavy atom. The van der Waals surface area contributed by atoms with Crippen LogP contribution in [0.5, 0.6) is 0 Å². The summed E-state index contributed by atoms with van der Waals surface area (Å²) in [7, 11) is -10.3. The van der Waals surface area contributed by atoms with Gasteiger partial charge in [-0.15, -0.1) is 0 Å². The molecule has 0 amide bonds. The van der Waals surface area contributed by atoms with E-state index in [2.05, 4.69) is 19.9 Å². The molecule has 0 atom stereocenters. The summed E-state index contributed by atoms with van der Waals surface area (Å²) < 4.78 is 68.2. The number of hydrogen-bond acceptors (Lipinski definition) is 12. The molecule has 0 aromatic carbocycles. The number of rotatable bonds is 1. The Morgan fingerprint density at radius 1 is 0.471 bits per heavy atom. The van der Waals surface area contributed by atoms with Crippen LogP contribution in [0.1, 0.15) is 0 Å². The van der Waals surface area contributed by atoms with E-state index in [1.165, 1.54) is 0 Å². The molecule has 2 rings (SSSR count). The maximum absolute atomic E-state index is 8.52. The van der Waals surface area contributed by atoms with Gasteiger partial charge in [-0.05, 0) is 12.1 Å². The maximum Gasteiger partial charge on any atom is 2.00 e. The number of nitrogens with zero attached hydrogens (tertiary/aromatic N) is 4. The van der Waals surface area contributed by atoms with Gasteiger partial charge in [0.2, 0.25) is 0 Å². The molecule has 0 radical (unpaired) electrons. The van der Waals surface area contributed by atoms with E-state index in [4.69, 9.17) is 35.0 Å². The second-order valence-electron chi connectivity index (χ2n) is 2.96. The Morgan fingerprint density at radius 3 is 0.706 bits per heavy atom. The Kier molecular flexibility index (Phi) is 104. The van der Waals surface area contributed by atoms with Gasteiger partial charge in [0.05, 0.1) is 0 Å². The SMILES string of the molecule is O.O.O=S(=O)([O-])[O-].O=S(=O)([O-])[O-].[OH3+].[OH3+].[OH3+].[OH3+].[OH3+].[OH3+].[OH3+].[OH3+].[Zn+2].[Zn+2].c1cnc(-c2ncccn2)nc1. The van der Waals surface area contributed by atoms with Crippen molar-refractivity contribution in [2.45, 2.75) is 0 Å². The van der Waals surface area contributed by atoms with Gasteiger partial charge in [0.15, 0.2) is 11.6 Å². The first-order valence-electron chi connectivity index (χ1n) is 4.84. The van der Waals surface area contributed by atoms with E-state index < -0.39 is 20.8 Å². The van der Waals surface area contributed by atoms with Crippen LogP contribution < -0.4 is 0 Å². The van der Waals surface area contributed by atoms with Crippen LogP contribution in [0.3, 0.4) is 0 Å². The predicted molar refractivity (Wildman–Crippen MR) is 110 cm³/mol. The zero-order chi connectivity index (χ0) is 17.2. The van der Waals surface area contributed by atoms with Crippen molar-refractivity contribution in [1.82, 2.24) is 19.9 Å². The van der Waals surface area contributed by atoms with E-state index >= 15 is 0 Å². The van der Waals surface area contributed by atoms with E-state index in [-0.39, 0.29) is 93.7 Å². The standard InChI is InChI=1S/C8H6N4.2H2O4S.10H2O.2Zn/c1-3-9-7(10-4-1)8-11-5-2-6-12-8;2*1-5(2,3)4;;;;;;;;;;;;/h1-6H;2*(H2,1,2,3,4);10*1H2;;/q;;;;;;;;;;;;;2*+2/p+4. The van der Waals surface area contributed by atoms with E-state index in [9.17, 15) is 0 Å². The van der Waals surface area contributed by atoms with Crippen molar-refractivity contribution in [1.29, 1.82) is 0 Å². The largest absolute Gasteiger partial charge is 2.00 e. The Hall–Kier alpha value is -1.25. The van der Waals surface area contributed by atoms with Crippen molar-refractivity contribution in [2.75, 3.05) is 0 Å². The minimum Gasteiger partial charge on any atom is -0.759 e. The smallest absolute Gasteiger partial charge is 0.759 e. The van der Waals surface area contributed by atoms with Crippen LogP contribution in [0.25, 0.3) is 11.6 Å². The molecule has 0 saturated carbocycles. The zero-order valence-electron chi connectivity index (χ0n) is 17.4. The minimum atomic E-state index is -5.17. The summed E-state index contributed by atoms with van der Waals surface area (Å²) in [5.41, 5.74) is 0. The normalized spacial score (nSPS) is 6.82. The molecule has 0 spiro atoms. The summed E-state index contributed by atoms with van der Waals surface area (Å²) in [6.45, 7) is 0. The van der Waals surface area contributed by atoms with Crippen LogP contribution >= 0.6 is 0 Å². The molecule has 202 valence electrons. The van der Waals surface area contributed by atoms with Gasteiger partial charge in [-0.1, -0.05) is 0 Å². The number of aromatic nitrogens is 4. The molecule has 2 heterocycles. The van der Waals surface area contributed by atoms with Crippen molar-refractivity contribution in [3.63, 3.8) is 0 Å². The molecule has 0 aliphatic carbocycles. The van der Waals surface area contributed by atoms with E-state index in [0.29, 0.717) is 11.6 Å². The van der Waals surface area contributed by atoms with Gasteiger partial charge < -0.3 is 73.0 Å². The second-order valence-corrected chi connectivity index (χ2v) is 4.59. The van der Waals surface area contributed by atoms with Gasteiger partial charge in [0.25, 0.3) is 0 Å². The monoisotopic (exact) mass is 666 g/mol. The molecule has 0 aliphatic rings. The fourth-order valence-electron chi connectivity index (χ4n) is 0.829. The summed E-state index contributed by atoms with van der Waals surface area (Å²) in [5, 5.41) is 0. The van der Waals surface area contributed by atoms with Crippen LogP contribution in [0.2, 0.25) is 0 Å². The van der Waals surface area contributed by atoms with Crippen LogP contribution in [0.4, 0.5) is 0 Å². The fourth-order valence-corrected chi connectivity index (χ4v) is 0.829. The van der Waals surface area contributed by atoms with Gasteiger partial charge in [-0.25, -0.2) is 19.9 Å². The van der Waals surface area contributed by atoms with Crippen LogP contribution in [-0.2, 0) is 104 Å². The molecule has 0 saturated heterocycles. The Bertz CT molecular complexity index is 690. The molecule has 0 aliphatic heterocycles. The quantitative estimate of drug-likeness (QED) is 0.118. The van der Waals surface area contributed by atoms with Gasteiger partial charge in [-0.3, -0.25) is 16.8 Å². The summed E-state index contributed by atoms with van der Waals surface area (Å²) in [6, 6.07) is 3.51.